The molecule has 1 saturated carbocycles. The second-order valence-electron chi connectivity index (χ2n) is 21.2. The number of ether oxygens (including phenoxy) is 1. The molecule has 5 fully saturated rings. The number of nitrogens with zero attached hydrogens (tertiary/aromatic N) is 3. The smallest absolute Gasteiger partial charge is 0.384 e. The topological polar surface area (TPSA) is 162 Å². The summed E-state index contributed by atoms with van der Waals surface area (Å²) in [6, 6.07) is 8.23. The van der Waals surface area contributed by atoms with Crippen molar-refractivity contribution in [1.82, 2.24) is 30.7 Å². The van der Waals surface area contributed by atoms with Gasteiger partial charge >= 0.3 is 6.18 Å². The minimum absolute atomic E-state index is 0.0526. The monoisotopic (exact) mass is 971 g/mol. The molecule has 6 aliphatic heterocycles. The van der Waals surface area contributed by atoms with Gasteiger partial charge in [-0.15, -0.1) is 0 Å². The SMILES string of the molecule is CC(C)(C)C[C@@H]1N[C@@H](C(=O)N[C@@H]2CC[C@@H](C(=O)N3CCC[C@]4(C[C@H]4C#Cc4cccc5c4CN(C4CCC(=O)NC4=O)C5=O)C3)OC2)[C@H](c2cccc(Cl)c2F)[C@]12CNc1cc(C(F)(F)F)ncc12. The molecule has 1 unspecified atom stereocenters. The van der Waals surface area contributed by atoms with Crippen LogP contribution in [0.5, 0.6) is 0 Å². The van der Waals surface area contributed by atoms with Crippen molar-refractivity contribution >= 4 is 46.8 Å². The predicted molar refractivity (Wildman–Crippen MR) is 245 cm³/mol. The second-order valence-corrected chi connectivity index (χ2v) is 21.6. The number of likely N-dealkylation sites (tertiary alicyclic amines) is 1. The summed E-state index contributed by atoms with van der Waals surface area (Å²) in [6.45, 7) is 7.62. The number of fused-ring (bicyclic) bond motifs is 3. The molecule has 2 spiro atoms. The van der Waals surface area contributed by atoms with Crippen LogP contribution in [0.4, 0.5) is 23.2 Å². The number of aromatic nitrogens is 1. The molecular weight excluding hydrogens is 918 g/mol. The largest absolute Gasteiger partial charge is 0.433 e. The normalized spacial score (nSPS) is 30.7. The van der Waals surface area contributed by atoms with E-state index in [9.17, 15) is 37.1 Å². The lowest BCUT2D eigenvalue weighted by molar-refractivity contribution is -0.150. The first-order valence-electron chi connectivity index (χ1n) is 23.8. The quantitative estimate of drug-likeness (QED) is 0.128. The molecule has 13 nitrogen and oxygen atoms in total. The van der Waals surface area contributed by atoms with E-state index in [0.29, 0.717) is 43.5 Å². The fourth-order valence-electron chi connectivity index (χ4n) is 12.1. The van der Waals surface area contributed by atoms with Crippen molar-refractivity contribution in [2.75, 3.05) is 31.6 Å². The highest BCUT2D eigenvalue weighted by Gasteiger charge is 2.62. The van der Waals surface area contributed by atoms with Crippen molar-refractivity contribution in [3.8, 4) is 11.8 Å². The highest BCUT2D eigenvalue weighted by Crippen LogP contribution is 2.58. The predicted octanol–water partition coefficient (Wildman–Crippen LogP) is 6.22. The number of carbonyl (C=O) groups excluding carboxylic acids is 5. The Morgan fingerprint density at radius 1 is 1.07 bits per heavy atom. The molecule has 364 valence electrons. The molecule has 1 aromatic heterocycles. The van der Waals surface area contributed by atoms with E-state index in [2.05, 4.69) is 38.1 Å². The van der Waals surface area contributed by atoms with Crippen LogP contribution in [0, 0.1) is 34.4 Å². The molecule has 9 atom stereocenters. The number of halogens is 5. The van der Waals surface area contributed by atoms with Gasteiger partial charge in [0.1, 0.15) is 23.7 Å². The molecule has 3 aromatic rings. The van der Waals surface area contributed by atoms with Gasteiger partial charge in [0.05, 0.1) is 23.7 Å². The van der Waals surface area contributed by atoms with Crippen LogP contribution in [0.25, 0.3) is 0 Å². The van der Waals surface area contributed by atoms with Gasteiger partial charge in [-0.1, -0.05) is 62.4 Å². The summed E-state index contributed by atoms with van der Waals surface area (Å²) in [4.78, 5) is 73.6. The number of benzene rings is 2. The Kier molecular flexibility index (Phi) is 11.9. The minimum atomic E-state index is -4.69. The Bertz CT molecular complexity index is 2710. The summed E-state index contributed by atoms with van der Waals surface area (Å²) in [5, 5.41) is 12.0. The molecule has 10 rings (SSSR count). The van der Waals surface area contributed by atoms with Gasteiger partial charge in [-0.25, -0.2) is 4.39 Å². The molecule has 69 heavy (non-hydrogen) atoms. The Hall–Kier alpha value is -5.57. The van der Waals surface area contributed by atoms with E-state index >= 15 is 4.39 Å². The number of alkyl halides is 3. The van der Waals surface area contributed by atoms with Gasteiger partial charge in [-0.3, -0.25) is 34.3 Å². The maximum Gasteiger partial charge on any atom is 0.433 e. The third-order valence-corrected chi connectivity index (χ3v) is 15.8. The zero-order valence-corrected chi connectivity index (χ0v) is 39.3. The first-order chi connectivity index (χ1) is 32.8. The van der Waals surface area contributed by atoms with E-state index in [-0.39, 0.29) is 83.3 Å². The molecule has 1 aliphatic carbocycles. The van der Waals surface area contributed by atoms with Gasteiger partial charge in [0.2, 0.25) is 17.7 Å². The van der Waals surface area contributed by atoms with Crippen molar-refractivity contribution in [3.05, 3.63) is 93.0 Å². The number of imide groups is 1. The average molecular weight is 972 g/mol. The van der Waals surface area contributed by atoms with Crippen molar-refractivity contribution in [3.63, 3.8) is 0 Å². The number of hydrogen-bond acceptors (Lipinski definition) is 9. The summed E-state index contributed by atoms with van der Waals surface area (Å²) < 4.78 is 64.1. The molecule has 18 heteroatoms. The lowest BCUT2D eigenvalue weighted by Gasteiger charge is -2.39. The highest BCUT2D eigenvalue weighted by atomic mass is 35.5. The standard InChI is InChI=1S/C51H54ClF4N7O6/c1-48(2,3)21-39-50(25-58-35-19-38(51(54,55)56)57-22-33(35)50)41(31-9-5-10-34(52)42(31)53)43(60-39)45(66)59-29-13-15-37(69-24-29)47(68)62-18-6-17-49(26-62)20-28(49)12-11-27-7-4-8-30-32(27)23-63(46(30)67)36-14-16-40(64)61-44(36)65/h4-5,7-10,19,22,28-29,36-37,39,41,43,58,60H,6,13-18,20-21,23-26H2,1-3H3,(H,59,66)(H,61,64,65)/t28-,29-,36?,37+,39+,41+,43-,49+,50+/m1/s1. The van der Waals surface area contributed by atoms with Crippen molar-refractivity contribution in [2.24, 2.45) is 16.7 Å². The Labute approximate surface area is 402 Å². The molecule has 2 aromatic carbocycles. The number of pyridine rings is 1. The number of hydrogen-bond donors (Lipinski definition) is 4. The average Bonchev–Trinajstić information content (AvgIpc) is 3.52. The summed E-state index contributed by atoms with van der Waals surface area (Å²) in [6.07, 6.45) is 0.108. The summed E-state index contributed by atoms with van der Waals surface area (Å²) in [7, 11) is 0. The van der Waals surface area contributed by atoms with Crippen LogP contribution in [-0.4, -0.2) is 101 Å². The van der Waals surface area contributed by atoms with Crippen LogP contribution >= 0.6 is 11.6 Å². The van der Waals surface area contributed by atoms with Crippen molar-refractivity contribution in [1.29, 1.82) is 0 Å². The lowest BCUT2D eigenvalue weighted by Crippen LogP contribution is -2.53. The molecule has 0 radical (unpaired) electrons. The Morgan fingerprint density at radius 3 is 2.61 bits per heavy atom. The summed E-state index contributed by atoms with van der Waals surface area (Å²) >= 11 is 6.37. The number of amides is 5. The van der Waals surface area contributed by atoms with Crippen LogP contribution in [0.1, 0.15) is 116 Å². The third kappa shape index (κ3) is 8.54. The number of anilines is 1. The number of nitrogens with one attached hydrogen (secondary N) is 4. The third-order valence-electron chi connectivity index (χ3n) is 15.5. The summed E-state index contributed by atoms with van der Waals surface area (Å²) in [5.74, 6) is 3.59. The molecule has 4 saturated heterocycles. The highest BCUT2D eigenvalue weighted by molar-refractivity contribution is 6.30. The zero-order valence-electron chi connectivity index (χ0n) is 38.5. The van der Waals surface area contributed by atoms with Gasteiger partial charge < -0.3 is 30.5 Å². The second kappa shape index (κ2) is 17.4. The van der Waals surface area contributed by atoms with E-state index < -0.39 is 71.1 Å². The van der Waals surface area contributed by atoms with Crippen LogP contribution in [0.3, 0.4) is 0 Å². The fraction of sp³-hybridized carbons (Fsp3) is 0.529. The Balaban J connectivity index is 0.803. The van der Waals surface area contributed by atoms with Gasteiger partial charge in [-0.2, -0.15) is 13.2 Å². The van der Waals surface area contributed by atoms with Crippen LogP contribution < -0.4 is 21.3 Å². The van der Waals surface area contributed by atoms with Gasteiger partial charge in [0.15, 0.2) is 0 Å². The molecular formula is C51H54ClF4N7O6. The molecule has 4 N–H and O–H groups in total. The van der Waals surface area contributed by atoms with E-state index in [1.165, 1.54) is 17.2 Å². The maximum absolute atomic E-state index is 16.3. The van der Waals surface area contributed by atoms with Crippen LogP contribution in [-0.2, 0) is 42.1 Å². The van der Waals surface area contributed by atoms with Gasteiger partial charge in [0.25, 0.3) is 11.8 Å². The maximum atomic E-state index is 16.3. The van der Waals surface area contributed by atoms with Crippen LogP contribution in [0.2, 0.25) is 5.02 Å². The minimum Gasteiger partial charge on any atom is -0.384 e. The van der Waals surface area contributed by atoms with E-state index in [0.717, 1.165) is 36.5 Å². The Morgan fingerprint density at radius 2 is 1.87 bits per heavy atom. The van der Waals surface area contributed by atoms with Gasteiger partial charge in [0, 0.05) is 89.9 Å². The van der Waals surface area contributed by atoms with E-state index in [4.69, 9.17) is 16.3 Å². The summed E-state index contributed by atoms with van der Waals surface area (Å²) in [5.41, 5.74) is 0.209. The number of carbonyl (C=O) groups is 5. The van der Waals surface area contributed by atoms with Crippen LogP contribution in [0.15, 0.2) is 48.7 Å². The number of rotatable bonds is 6. The van der Waals surface area contributed by atoms with E-state index in [1.807, 2.05) is 31.7 Å². The zero-order chi connectivity index (χ0) is 48.8. The molecule has 7 aliphatic rings. The number of piperidine rings is 2. The molecule has 7 heterocycles. The lowest BCUT2D eigenvalue weighted by atomic mass is 9.63. The molecule has 5 amide bonds. The van der Waals surface area contributed by atoms with Gasteiger partial charge in [-0.05, 0) is 85.8 Å². The van der Waals surface area contributed by atoms with E-state index in [1.54, 1.807) is 24.3 Å². The first-order valence-corrected chi connectivity index (χ1v) is 24.1. The van der Waals surface area contributed by atoms with Crippen molar-refractivity contribution in [2.45, 2.75) is 126 Å². The first kappa shape index (κ1) is 47.1. The molecule has 0 bridgehead atoms. The van der Waals surface area contributed by atoms with Crippen molar-refractivity contribution < 1.29 is 46.3 Å². The fourth-order valence-corrected chi connectivity index (χ4v) is 12.3.